The summed E-state index contributed by atoms with van der Waals surface area (Å²) in [6.45, 7) is -0.00174. The van der Waals surface area contributed by atoms with Crippen LogP contribution in [-0.2, 0) is 6.54 Å². The predicted molar refractivity (Wildman–Crippen MR) is 76.5 cm³/mol. The van der Waals surface area contributed by atoms with E-state index in [1.165, 1.54) is 30.3 Å². The summed E-state index contributed by atoms with van der Waals surface area (Å²) in [6.07, 6.45) is 0. The van der Waals surface area contributed by atoms with Crippen molar-refractivity contribution < 1.29 is 9.31 Å². The lowest BCUT2D eigenvalue weighted by atomic mass is 10.1. The number of nitro benzene ring substituents is 1. The third-order valence-electron chi connectivity index (χ3n) is 2.84. The van der Waals surface area contributed by atoms with Crippen molar-refractivity contribution in [2.75, 3.05) is 5.32 Å². The zero-order valence-electron chi connectivity index (χ0n) is 10.6. The second-order valence-corrected chi connectivity index (χ2v) is 4.56. The van der Waals surface area contributed by atoms with Crippen molar-refractivity contribution in [1.82, 2.24) is 0 Å². The number of rotatable bonds is 4. The lowest BCUT2D eigenvalue weighted by Gasteiger charge is -2.09. The van der Waals surface area contributed by atoms with E-state index >= 15 is 0 Å². The van der Waals surface area contributed by atoms with Crippen LogP contribution in [0.3, 0.4) is 0 Å². The standard InChI is InChI=1S/C14H9ClFN3O2/c15-11-2-1-3-12(16)10(11)8-18-13-5-4-9(7-17)6-14(13)19(20)21/h1-6,18H,8H2. The normalized spacial score (nSPS) is 9.95. The van der Waals surface area contributed by atoms with E-state index in [9.17, 15) is 14.5 Å². The highest BCUT2D eigenvalue weighted by Gasteiger charge is 2.15. The molecule has 0 unspecified atom stereocenters. The molecule has 2 aromatic rings. The molecule has 0 spiro atoms. The Balaban J connectivity index is 2.28. The number of halogens is 2. The van der Waals surface area contributed by atoms with Gasteiger partial charge in [-0.2, -0.15) is 5.26 Å². The Morgan fingerprint density at radius 2 is 2.14 bits per heavy atom. The molecule has 0 aliphatic heterocycles. The number of hydrogen-bond donors (Lipinski definition) is 1. The Morgan fingerprint density at radius 3 is 2.76 bits per heavy atom. The van der Waals surface area contributed by atoms with Crippen molar-refractivity contribution in [3.05, 3.63) is 68.5 Å². The van der Waals surface area contributed by atoms with Crippen molar-refractivity contribution >= 4 is 23.0 Å². The number of hydrogen-bond acceptors (Lipinski definition) is 4. The number of nitrogens with zero attached hydrogens (tertiary/aromatic N) is 2. The number of nitro groups is 1. The van der Waals surface area contributed by atoms with E-state index in [1.807, 2.05) is 6.07 Å². The summed E-state index contributed by atoms with van der Waals surface area (Å²) < 4.78 is 13.6. The van der Waals surface area contributed by atoms with Crippen LogP contribution in [0.2, 0.25) is 5.02 Å². The molecular weight excluding hydrogens is 297 g/mol. The number of benzene rings is 2. The Labute approximate surface area is 124 Å². The van der Waals surface area contributed by atoms with Crippen LogP contribution >= 0.6 is 11.6 Å². The molecule has 0 fully saturated rings. The van der Waals surface area contributed by atoms with Crippen LogP contribution in [-0.4, -0.2) is 4.92 Å². The van der Waals surface area contributed by atoms with Crippen molar-refractivity contribution in [1.29, 1.82) is 5.26 Å². The highest BCUT2D eigenvalue weighted by Crippen LogP contribution is 2.27. The molecule has 106 valence electrons. The van der Waals surface area contributed by atoms with Crippen molar-refractivity contribution in [2.45, 2.75) is 6.54 Å². The van der Waals surface area contributed by atoms with Gasteiger partial charge >= 0.3 is 0 Å². The number of anilines is 1. The summed E-state index contributed by atoms with van der Waals surface area (Å²) >= 11 is 5.89. The fourth-order valence-corrected chi connectivity index (χ4v) is 2.02. The highest BCUT2D eigenvalue weighted by atomic mass is 35.5. The highest BCUT2D eigenvalue weighted by molar-refractivity contribution is 6.31. The van der Waals surface area contributed by atoms with Crippen LogP contribution in [0.25, 0.3) is 0 Å². The van der Waals surface area contributed by atoms with E-state index in [-0.39, 0.29) is 34.1 Å². The first-order valence-electron chi connectivity index (χ1n) is 5.88. The van der Waals surface area contributed by atoms with Gasteiger partial charge in [-0.05, 0) is 24.3 Å². The fraction of sp³-hybridized carbons (Fsp3) is 0.0714. The second kappa shape index (κ2) is 6.20. The number of nitrogens with one attached hydrogen (secondary N) is 1. The van der Waals surface area contributed by atoms with Crippen molar-refractivity contribution in [3.63, 3.8) is 0 Å². The van der Waals surface area contributed by atoms with E-state index < -0.39 is 10.7 Å². The monoisotopic (exact) mass is 305 g/mol. The van der Waals surface area contributed by atoms with E-state index in [0.29, 0.717) is 0 Å². The molecule has 0 atom stereocenters. The minimum atomic E-state index is -0.605. The Kier molecular flexibility index (Phi) is 4.36. The largest absolute Gasteiger partial charge is 0.375 e. The smallest absolute Gasteiger partial charge is 0.293 e. The topological polar surface area (TPSA) is 79.0 Å². The average molecular weight is 306 g/mol. The van der Waals surface area contributed by atoms with Gasteiger partial charge in [0, 0.05) is 23.2 Å². The van der Waals surface area contributed by atoms with Gasteiger partial charge in [-0.15, -0.1) is 0 Å². The van der Waals surface area contributed by atoms with Gasteiger partial charge in [-0.3, -0.25) is 10.1 Å². The van der Waals surface area contributed by atoms with Crippen LogP contribution in [0.15, 0.2) is 36.4 Å². The van der Waals surface area contributed by atoms with Gasteiger partial charge in [0.05, 0.1) is 16.6 Å². The summed E-state index contributed by atoms with van der Waals surface area (Å²) in [6, 6.07) is 10.1. The molecule has 2 rings (SSSR count). The van der Waals surface area contributed by atoms with Gasteiger partial charge in [-0.1, -0.05) is 17.7 Å². The molecule has 0 aliphatic rings. The van der Waals surface area contributed by atoms with Gasteiger partial charge in [0.25, 0.3) is 5.69 Å². The third kappa shape index (κ3) is 3.27. The average Bonchev–Trinajstić information content (AvgIpc) is 2.46. The molecule has 2 aromatic carbocycles. The van der Waals surface area contributed by atoms with Crippen LogP contribution in [0.5, 0.6) is 0 Å². The minimum absolute atomic E-state index is 0.00174. The molecule has 1 N–H and O–H groups in total. The summed E-state index contributed by atoms with van der Waals surface area (Å²) in [5.74, 6) is -0.494. The molecule has 7 heteroatoms. The van der Waals surface area contributed by atoms with Crippen LogP contribution in [0.1, 0.15) is 11.1 Å². The first-order chi connectivity index (χ1) is 10.0. The quantitative estimate of drug-likeness (QED) is 0.687. The number of nitriles is 1. The van der Waals surface area contributed by atoms with Crippen LogP contribution < -0.4 is 5.32 Å². The molecule has 5 nitrogen and oxygen atoms in total. The van der Waals surface area contributed by atoms with Gasteiger partial charge in [0.15, 0.2) is 0 Å². The first-order valence-corrected chi connectivity index (χ1v) is 6.26. The zero-order valence-corrected chi connectivity index (χ0v) is 11.4. The maximum absolute atomic E-state index is 13.6. The minimum Gasteiger partial charge on any atom is -0.375 e. The van der Waals surface area contributed by atoms with E-state index in [4.69, 9.17) is 16.9 Å². The SMILES string of the molecule is N#Cc1ccc(NCc2c(F)cccc2Cl)c([N+](=O)[O-])c1. The van der Waals surface area contributed by atoms with Gasteiger partial charge in [0.2, 0.25) is 0 Å². The van der Waals surface area contributed by atoms with Crippen molar-refractivity contribution in [2.24, 2.45) is 0 Å². The van der Waals surface area contributed by atoms with Gasteiger partial charge < -0.3 is 5.32 Å². The summed E-state index contributed by atoms with van der Waals surface area (Å²) in [5, 5.41) is 22.7. The molecular formula is C14H9ClFN3O2. The zero-order chi connectivity index (χ0) is 15.4. The molecule has 0 amide bonds. The molecule has 0 heterocycles. The molecule has 0 bridgehead atoms. The molecule has 21 heavy (non-hydrogen) atoms. The van der Waals surface area contributed by atoms with Crippen LogP contribution in [0, 0.1) is 27.3 Å². The van der Waals surface area contributed by atoms with Gasteiger partial charge in [-0.25, -0.2) is 4.39 Å². The lowest BCUT2D eigenvalue weighted by molar-refractivity contribution is -0.384. The molecule has 0 saturated carbocycles. The maximum Gasteiger partial charge on any atom is 0.293 e. The Bertz CT molecular complexity index is 723. The summed E-state index contributed by atoms with van der Waals surface area (Å²) in [4.78, 5) is 10.4. The first kappa shape index (κ1) is 14.8. The van der Waals surface area contributed by atoms with Gasteiger partial charge in [0.1, 0.15) is 11.5 Å². The molecule has 0 aliphatic carbocycles. The fourth-order valence-electron chi connectivity index (χ4n) is 1.79. The van der Waals surface area contributed by atoms with E-state index in [0.717, 1.165) is 6.07 Å². The molecule has 0 radical (unpaired) electrons. The molecule has 0 saturated heterocycles. The van der Waals surface area contributed by atoms with E-state index in [2.05, 4.69) is 5.32 Å². The third-order valence-corrected chi connectivity index (χ3v) is 3.19. The van der Waals surface area contributed by atoms with Crippen LogP contribution in [0.4, 0.5) is 15.8 Å². The summed E-state index contributed by atoms with van der Waals surface area (Å²) in [5.41, 5.74) is 0.342. The Morgan fingerprint density at radius 1 is 1.38 bits per heavy atom. The summed E-state index contributed by atoms with van der Waals surface area (Å²) in [7, 11) is 0. The van der Waals surface area contributed by atoms with Crippen molar-refractivity contribution in [3.8, 4) is 6.07 Å². The second-order valence-electron chi connectivity index (χ2n) is 4.15. The maximum atomic E-state index is 13.6. The van der Waals surface area contributed by atoms with E-state index in [1.54, 1.807) is 0 Å². The Hall–Kier alpha value is -2.65. The molecule has 0 aromatic heterocycles. The lowest BCUT2D eigenvalue weighted by Crippen LogP contribution is -2.05. The predicted octanol–water partition coefficient (Wildman–Crippen LogP) is 3.87.